The minimum absolute atomic E-state index is 0.0499. The fraction of sp³-hybridized carbons (Fsp3) is 0.444. The summed E-state index contributed by atoms with van der Waals surface area (Å²) in [5.41, 5.74) is 2.06. The molecule has 2 aromatic rings. The second kappa shape index (κ2) is 6.86. The minimum atomic E-state index is 0.0499. The summed E-state index contributed by atoms with van der Waals surface area (Å²) < 4.78 is 1.80. The highest BCUT2D eigenvalue weighted by molar-refractivity contribution is 5.93. The van der Waals surface area contributed by atoms with Gasteiger partial charge in [0, 0.05) is 26.2 Å². The molecule has 0 radical (unpaired) electrons. The molecule has 1 amide bonds. The molecule has 1 unspecified atom stereocenters. The van der Waals surface area contributed by atoms with Crippen LogP contribution < -0.4 is 5.32 Å². The van der Waals surface area contributed by atoms with Crippen molar-refractivity contribution in [2.75, 3.05) is 25.5 Å². The zero-order valence-electron chi connectivity index (χ0n) is 13.8. The lowest BCUT2D eigenvalue weighted by atomic mass is 10.0. The first-order chi connectivity index (χ1) is 11.1. The lowest BCUT2D eigenvalue weighted by molar-refractivity contribution is 0.0743. The molecule has 3 rings (SSSR count). The first-order valence-corrected chi connectivity index (χ1v) is 8.24. The molecule has 5 heteroatoms. The summed E-state index contributed by atoms with van der Waals surface area (Å²) in [5, 5.41) is 7.85. The van der Waals surface area contributed by atoms with E-state index >= 15 is 0 Å². The van der Waals surface area contributed by atoms with Crippen molar-refractivity contribution in [3.63, 3.8) is 0 Å². The number of aryl methyl sites for hydroxylation is 1. The van der Waals surface area contributed by atoms with E-state index < -0.39 is 0 Å². The van der Waals surface area contributed by atoms with Crippen molar-refractivity contribution in [2.45, 2.75) is 26.3 Å². The summed E-state index contributed by atoms with van der Waals surface area (Å²) in [6, 6.07) is 12.4. The van der Waals surface area contributed by atoms with Crippen LogP contribution in [-0.4, -0.2) is 40.7 Å². The number of amides is 1. The predicted octanol–water partition coefficient (Wildman–Crippen LogP) is 2.65. The van der Waals surface area contributed by atoms with Gasteiger partial charge in [-0.2, -0.15) is 5.10 Å². The molecular formula is C18H24N4O. The highest BCUT2D eigenvalue weighted by Crippen LogP contribution is 2.16. The molecule has 23 heavy (non-hydrogen) atoms. The molecule has 1 aromatic carbocycles. The zero-order valence-corrected chi connectivity index (χ0v) is 13.8. The van der Waals surface area contributed by atoms with E-state index in [4.69, 9.17) is 0 Å². The normalized spacial score (nSPS) is 15.4. The van der Waals surface area contributed by atoms with Gasteiger partial charge in [0.05, 0.1) is 6.54 Å². The van der Waals surface area contributed by atoms with Crippen LogP contribution in [0.15, 0.2) is 36.4 Å². The number of likely N-dealkylation sites (N-methyl/N-ethyl adjacent to an activating group) is 1. The molecular weight excluding hydrogens is 288 g/mol. The van der Waals surface area contributed by atoms with Gasteiger partial charge >= 0.3 is 0 Å². The van der Waals surface area contributed by atoms with Crippen molar-refractivity contribution in [1.29, 1.82) is 0 Å². The van der Waals surface area contributed by atoms with Gasteiger partial charge in [-0.25, -0.2) is 0 Å². The van der Waals surface area contributed by atoms with Crippen LogP contribution in [0, 0.1) is 5.92 Å². The van der Waals surface area contributed by atoms with E-state index in [0.29, 0.717) is 11.6 Å². The van der Waals surface area contributed by atoms with E-state index in [9.17, 15) is 4.79 Å². The quantitative estimate of drug-likeness (QED) is 0.892. The Morgan fingerprint density at radius 1 is 1.26 bits per heavy atom. The maximum atomic E-state index is 12.1. The molecule has 0 saturated carbocycles. The van der Waals surface area contributed by atoms with E-state index in [2.05, 4.69) is 41.6 Å². The van der Waals surface area contributed by atoms with Crippen LogP contribution in [0.3, 0.4) is 0 Å². The van der Waals surface area contributed by atoms with Crippen molar-refractivity contribution in [1.82, 2.24) is 14.7 Å². The van der Waals surface area contributed by atoms with Crippen molar-refractivity contribution >= 4 is 11.7 Å². The lowest BCUT2D eigenvalue weighted by Gasteiger charge is -2.22. The lowest BCUT2D eigenvalue weighted by Crippen LogP contribution is -2.37. The van der Waals surface area contributed by atoms with Gasteiger partial charge in [-0.3, -0.25) is 9.48 Å². The predicted molar refractivity (Wildman–Crippen MR) is 91.6 cm³/mol. The van der Waals surface area contributed by atoms with Gasteiger partial charge in [0.2, 0.25) is 0 Å². The number of anilines is 1. The van der Waals surface area contributed by atoms with Gasteiger partial charge in [-0.15, -0.1) is 0 Å². The summed E-state index contributed by atoms with van der Waals surface area (Å²) >= 11 is 0. The van der Waals surface area contributed by atoms with Crippen molar-refractivity contribution in [3.8, 4) is 0 Å². The number of hydrogen-bond donors (Lipinski definition) is 1. The molecule has 1 aromatic heterocycles. The molecule has 2 heterocycles. The largest absolute Gasteiger partial charge is 0.368 e. The van der Waals surface area contributed by atoms with E-state index in [1.165, 1.54) is 5.56 Å². The molecule has 122 valence electrons. The van der Waals surface area contributed by atoms with Gasteiger partial charge in [0.25, 0.3) is 5.91 Å². The molecule has 0 spiro atoms. The summed E-state index contributed by atoms with van der Waals surface area (Å²) in [5.74, 6) is 1.40. The Balaban J connectivity index is 1.51. The SMILES string of the molecule is CC(CCc1ccccc1)CNc1cc2n(n1)CCN(C)C2=O. The Bertz CT molecular complexity index is 665. The smallest absolute Gasteiger partial charge is 0.272 e. The first-order valence-electron chi connectivity index (χ1n) is 8.24. The highest BCUT2D eigenvalue weighted by atomic mass is 16.2. The first kappa shape index (κ1) is 15.6. The Hall–Kier alpha value is -2.30. The molecule has 1 atom stereocenters. The summed E-state index contributed by atoms with van der Waals surface area (Å²) in [4.78, 5) is 13.8. The van der Waals surface area contributed by atoms with Crippen molar-refractivity contribution in [2.24, 2.45) is 5.92 Å². The second-order valence-corrected chi connectivity index (χ2v) is 6.38. The van der Waals surface area contributed by atoms with Gasteiger partial charge in [-0.1, -0.05) is 37.3 Å². The number of rotatable bonds is 6. The number of carbonyl (C=O) groups excluding carboxylic acids is 1. The van der Waals surface area contributed by atoms with Crippen LogP contribution in [0.2, 0.25) is 0 Å². The summed E-state index contributed by atoms with van der Waals surface area (Å²) in [6.07, 6.45) is 2.22. The number of benzene rings is 1. The number of carbonyl (C=O) groups is 1. The third-order valence-electron chi connectivity index (χ3n) is 4.39. The minimum Gasteiger partial charge on any atom is -0.368 e. The van der Waals surface area contributed by atoms with E-state index in [0.717, 1.165) is 38.3 Å². The van der Waals surface area contributed by atoms with E-state index in [-0.39, 0.29) is 5.91 Å². The van der Waals surface area contributed by atoms with Crippen LogP contribution in [0.25, 0.3) is 0 Å². The number of fused-ring (bicyclic) bond motifs is 1. The van der Waals surface area contributed by atoms with Gasteiger partial charge < -0.3 is 10.2 Å². The fourth-order valence-electron chi connectivity index (χ4n) is 2.83. The number of nitrogens with zero attached hydrogens (tertiary/aromatic N) is 3. The molecule has 0 saturated heterocycles. The molecule has 5 nitrogen and oxygen atoms in total. The van der Waals surface area contributed by atoms with Gasteiger partial charge in [0.1, 0.15) is 11.5 Å². The Kier molecular flexibility index (Phi) is 4.65. The third-order valence-corrected chi connectivity index (χ3v) is 4.39. The van der Waals surface area contributed by atoms with Crippen LogP contribution >= 0.6 is 0 Å². The average Bonchev–Trinajstić information content (AvgIpc) is 2.99. The van der Waals surface area contributed by atoms with Crippen LogP contribution in [-0.2, 0) is 13.0 Å². The van der Waals surface area contributed by atoms with Crippen LogP contribution in [0.1, 0.15) is 29.4 Å². The van der Waals surface area contributed by atoms with E-state index in [1.807, 2.05) is 19.2 Å². The topological polar surface area (TPSA) is 50.2 Å². The van der Waals surface area contributed by atoms with Crippen molar-refractivity contribution in [3.05, 3.63) is 47.7 Å². The third kappa shape index (κ3) is 3.73. The molecule has 0 fully saturated rings. The Morgan fingerprint density at radius 2 is 2.04 bits per heavy atom. The maximum absolute atomic E-state index is 12.1. The molecule has 0 aliphatic carbocycles. The standard InChI is InChI=1S/C18H24N4O/c1-14(8-9-15-6-4-3-5-7-15)13-19-17-12-16-18(23)21(2)10-11-22(16)20-17/h3-7,12,14H,8-11,13H2,1-2H3,(H,19,20). The molecule has 0 bridgehead atoms. The number of nitrogens with one attached hydrogen (secondary N) is 1. The Labute approximate surface area is 137 Å². The monoisotopic (exact) mass is 312 g/mol. The van der Waals surface area contributed by atoms with Crippen LogP contribution in [0.4, 0.5) is 5.82 Å². The zero-order chi connectivity index (χ0) is 16.2. The second-order valence-electron chi connectivity index (χ2n) is 6.38. The molecule has 1 N–H and O–H groups in total. The number of hydrogen-bond acceptors (Lipinski definition) is 3. The fourth-order valence-corrected chi connectivity index (χ4v) is 2.83. The molecule has 1 aliphatic rings. The molecule has 1 aliphatic heterocycles. The maximum Gasteiger partial charge on any atom is 0.272 e. The average molecular weight is 312 g/mol. The van der Waals surface area contributed by atoms with Gasteiger partial charge in [0.15, 0.2) is 0 Å². The Morgan fingerprint density at radius 3 is 2.83 bits per heavy atom. The van der Waals surface area contributed by atoms with Crippen molar-refractivity contribution < 1.29 is 4.79 Å². The summed E-state index contributed by atoms with van der Waals surface area (Å²) in [6.45, 7) is 4.60. The highest BCUT2D eigenvalue weighted by Gasteiger charge is 2.23. The summed E-state index contributed by atoms with van der Waals surface area (Å²) in [7, 11) is 1.83. The number of aromatic nitrogens is 2. The van der Waals surface area contributed by atoms with Crippen LogP contribution in [0.5, 0.6) is 0 Å². The van der Waals surface area contributed by atoms with Gasteiger partial charge in [-0.05, 0) is 24.3 Å². The van der Waals surface area contributed by atoms with E-state index in [1.54, 1.807) is 9.58 Å².